The van der Waals surface area contributed by atoms with Crippen molar-refractivity contribution in [3.05, 3.63) is 59.2 Å². The van der Waals surface area contributed by atoms with Crippen molar-refractivity contribution >= 4 is 20.3 Å². The lowest BCUT2D eigenvalue weighted by Gasteiger charge is -2.10. The summed E-state index contributed by atoms with van der Waals surface area (Å²) in [6, 6.07) is 8.09. The molecule has 2 aromatic rings. The minimum Gasteiger partial charge on any atom is -0.526 e. The molecule has 0 spiro atoms. The van der Waals surface area contributed by atoms with Gasteiger partial charge in [-0.15, -0.1) is 0 Å². The van der Waals surface area contributed by atoms with E-state index in [1.165, 1.54) is 36.4 Å². The van der Waals surface area contributed by atoms with Gasteiger partial charge >= 0.3 is 7.69 Å². The molecule has 0 atom stereocenters. The van der Waals surface area contributed by atoms with Crippen molar-refractivity contribution in [2.45, 2.75) is 0 Å². The molecule has 0 saturated carbocycles. The second kappa shape index (κ2) is 6.65. The summed E-state index contributed by atoms with van der Waals surface area (Å²) < 4.78 is 37.3. The van der Waals surface area contributed by atoms with Crippen LogP contribution in [0.2, 0.25) is 0 Å². The number of benzene rings is 2. The number of halogens is 2. The molecular formula is C14H9BF2O4. The first-order valence-electron chi connectivity index (χ1n) is 5.90. The van der Waals surface area contributed by atoms with Crippen molar-refractivity contribution in [2.24, 2.45) is 0 Å². The molecule has 0 amide bonds. The van der Waals surface area contributed by atoms with Crippen LogP contribution in [0, 0.1) is 11.6 Å². The topological polar surface area (TPSA) is 52.6 Å². The maximum Gasteiger partial charge on any atom is 0.576 e. The van der Waals surface area contributed by atoms with Crippen molar-refractivity contribution in [1.82, 2.24) is 0 Å². The first-order valence-corrected chi connectivity index (χ1v) is 5.90. The van der Waals surface area contributed by atoms with Gasteiger partial charge in [0.25, 0.3) is 0 Å². The Morgan fingerprint density at radius 2 is 1.24 bits per heavy atom. The maximum atomic E-state index is 13.7. The number of carbonyl (C=O) groups is 2. The summed E-state index contributed by atoms with van der Waals surface area (Å²) in [5, 5.41) is 0. The van der Waals surface area contributed by atoms with Crippen LogP contribution in [0.15, 0.2) is 36.4 Å². The molecule has 0 aromatic heterocycles. The molecule has 4 nitrogen and oxygen atoms in total. The zero-order chi connectivity index (χ0) is 15.2. The highest BCUT2D eigenvalue weighted by molar-refractivity contribution is 6.20. The van der Waals surface area contributed by atoms with Gasteiger partial charge in [-0.1, -0.05) is 12.1 Å². The van der Waals surface area contributed by atoms with E-state index in [2.05, 4.69) is 0 Å². The molecule has 0 aliphatic carbocycles. The molecule has 0 unspecified atom stereocenters. The number of aldehydes is 2. The quantitative estimate of drug-likeness (QED) is 0.605. The lowest BCUT2D eigenvalue weighted by molar-refractivity contribution is 0.111. The largest absolute Gasteiger partial charge is 0.576 e. The van der Waals surface area contributed by atoms with Gasteiger partial charge in [0.2, 0.25) is 0 Å². The van der Waals surface area contributed by atoms with E-state index in [1.54, 1.807) is 0 Å². The van der Waals surface area contributed by atoms with E-state index >= 15 is 0 Å². The summed E-state index contributed by atoms with van der Waals surface area (Å²) >= 11 is 0. The Kier molecular flexibility index (Phi) is 4.66. The van der Waals surface area contributed by atoms with E-state index in [9.17, 15) is 18.4 Å². The van der Waals surface area contributed by atoms with Gasteiger partial charge in [0, 0.05) is 0 Å². The third kappa shape index (κ3) is 3.25. The van der Waals surface area contributed by atoms with E-state index in [4.69, 9.17) is 9.31 Å². The van der Waals surface area contributed by atoms with Crippen LogP contribution in [0.3, 0.4) is 0 Å². The van der Waals surface area contributed by atoms with Crippen LogP contribution < -0.4 is 9.31 Å². The number of carbonyl (C=O) groups excluding carboxylic acids is 2. The van der Waals surface area contributed by atoms with Crippen LogP contribution in [-0.4, -0.2) is 20.3 Å². The Balaban J connectivity index is 2.05. The monoisotopic (exact) mass is 290 g/mol. The second-order valence-corrected chi connectivity index (χ2v) is 3.96. The first-order chi connectivity index (χ1) is 10.2. The molecule has 0 heterocycles. The predicted octanol–water partition coefficient (Wildman–Crippen LogP) is 2.31. The van der Waals surface area contributed by atoms with E-state index in [-0.39, 0.29) is 22.6 Å². The Morgan fingerprint density at radius 3 is 1.62 bits per heavy atom. The Hall–Kier alpha value is -2.70. The standard InChI is InChI=1S/C14H9BF2O4/c16-13-9(7-18)3-1-5-11(13)20-15-21-12-6-2-4-10(8-19)14(12)17/h1-8,15H. The minimum atomic E-state index is -0.821. The third-order valence-electron chi connectivity index (χ3n) is 2.67. The molecule has 0 bridgehead atoms. The summed E-state index contributed by atoms with van der Waals surface area (Å²) in [6.07, 6.45) is 0.715. The van der Waals surface area contributed by atoms with E-state index in [1.807, 2.05) is 0 Å². The Bertz CT molecular complexity index is 619. The lowest BCUT2D eigenvalue weighted by Crippen LogP contribution is -2.13. The van der Waals surface area contributed by atoms with Crippen molar-refractivity contribution in [3.63, 3.8) is 0 Å². The summed E-state index contributed by atoms with van der Waals surface area (Å²) in [5.41, 5.74) is -0.303. The zero-order valence-electron chi connectivity index (χ0n) is 10.7. The van der Waals surface area contributed by atoms with Gasteiger partial charge in [-0.25, -0.2) is 8.78 Å². The van der Waals surface area contributed by atoms with Crippen molar-refractivity contribution in [1.29, 1.82) is 0 Å². The predicted molar refractivity (Wildman–Crippen MR) is 72.0 cm³/mol. The fourth-order valence-corrected chi connectivity index (χ4v) is 1.62. The van der Waals surface area contributed by atoms with Crippen LogP contribution in [-0.2, 0) is 0 Å². The lowest BCUT2D eigenvalue weighted by atomic mass is 10.2. The van der Waals surface area contributed by atoms with Crippen LogP contribution in [0.25, 0.3) is 0 Å². The number of hydrogen-bond acceptors (Lipinski definition) is 4. The molecular weight excluding hydrogens is 281 g/mol. The summed E-state index contributed by atoms with van der Waals surface area (Å²) in [4.78, 5) is 21.2. The molecule has 0 aliphatic rings. The molecule has 2 aromatic carbocycles. The molecule has 0 aliphatic heterocycles. The van der Waals surface area contributed by atoms with Crippen molar-refractivity contribution in [3.8, 4) is 11.5 Å². The van der Waals surface area contributed by atoms with Crippen LogP contribution in [0.5, 0.6) is 11.5 Å². The van der Waals surface area contributed by atoms with Gasteiger partial charge in [-0.3, -0.25) is 9.59 Å². The average molecular weight is 290 g/mol. The molecule has 0 saturated heterocycles. The minimum absolute atomic E-state index is 0.151. The summed E-state index contributed by atoms with van der Waals surface area (Å²) in [5.74, 6) is -2.02. The molecule has 7 heteroatoms. The summed E-state index contributed by atoms with van der Waals surface area (Å²) in [7, 11) is -0.474. The number of hydrogen-bond donors (Lipinski definition) is 0. The van der Waals surface area contributed by atoms with E-state index in [0.29, 0.717) is 12.6 Å². The second-order valence-electron chi connectivity index (χ2n) is 3.96. The molecule has 0 N–H and O–H groups in total. The van der Waals surface area contributed by atoms with Gasteiger partial charge in [-0.2, -0.15) is 0 Å². The fraction of sp³-hybridized carbons (Fsp3) is 0. The van der Waals surface area contributed by atoms with Gasteiger partial charge in [0.15, 0.2) is 24.2 Å². The maximum absolute atomic E-state index is 13.7. The molecule has 0 radical (unpaired) electrons. The molecule has 2 rings (SSSR count). The summed E-state index contributed by atoms with van der Waals surface area (Å²) in [6.45, 7) is 0. The van der Waals surface area contributed by atoms with E-state index in [0.717, 1.165) is 0 Å². The van der Waals surface area contributed by atoms with Gasteiger partial charge in [0.1, 0.15) is 11.5 Å². The normalized spacial score (nSPS) is 9.81. The Morgan fingerprint density at radius 1 is 0.810 bits per heavy atom. The van der Waals surface area contributed by atoms with Crippen molar-refractivity contribution < 1.29 is 27.7 Å². The zero-order valence-corrected chi connectivity index (χ0v) is 10.7. The van der Waals surface area contributed by atoms with Gasteiger partial charge in [-0.05, 0) is 24.3 Å². The fourth-order valence-electron chi connectivity index (χ4n) is 1.62. The van der Waals surface area contributed by atoms with Crippen LogP contribution in [0.1, 0.15) is 20.7 Å². The number of rotatable bonds is 6. The Labute approximate surface area is 119 Å². The van der Waals surface area contributed by atoms with Gasteiger partial charge < -0.3 is 9.31 Å². The van der Waals surface area contributed by atoms with Gasteiger partial charge in [0.05, 0.1) is 11.1 Å². The third-order valence-corrected chi connectivity index (χ3v) is 2.67. The highest BCUT2D eigenvalue weighted by atomic mass is 19.1. The molecule has 106 valence electrons. The van der Waals surface area contributed by atoms with Crippen molar-refractivity contribution in [2.75, 3.05) is 0 Å². The smallest absolute Gasteiger partial charge is 0.526 e. The highest BCUT2D eigenvalue weighted by Crippen LogP contribution is 2.21. The molecule has 0 fully saturated rings. The molecule has 21 heavy (non-hydrogen) atoms. The van der Waals surface area contributed by atoms with Crippen LogP contribution in [0.4, 0.5) is 8.78 Å². The first kappa shape index (κ1) is 14.7. The van der Waals surface area contributed by atoms with Crippen LogP contribution >= 0.6 is 0 Å². The average Bonchev–Trinajstić information content (AvgIpc) is 2.50. The van der Waals surface area contributed by atoms with E-state index < -0.39 is 19.3 Å². The highest BCUT2D eigenvalue weighted by Gasteiger charge is 2.12. The SMILES string of the molecule is O=Cc1cccc(OBOc2cccc(C=O)c2F)c1F.